The van der Waals surface area contributed by atoms with Crippen molar-refractivity contribution in [2.75, 3.05) is 0 Å². The van der Waals surface area contributed by atoms with Crippen LogP contribution in [0.2, 0.25) is 0 Å². The molecule has 4 nitrogen and oxygen atoms in total. The highest BCUT2D eigenvalue weighted by Gasteiger charge is 2.28. The van der Waals surface area contributed by atoms with E-state index in [1.54, 1.807) is 0 Å². The quantitative estimate of drug-likeness (QED) is 0.910. The molecule has 0 atom stereocenters. The first kappa shape index (κ1) is 13.6. The van der Waals surface area contributed by atoms with E-state index in [4.69, 9.17) is 0 Å². The van der Waals surface area contributed by atoms with Gasteiger partial charge in [0.05, 0.1) is 5.25 Å². The lowest BCUT2D eigenvalue weighted by molar-refractivity contribution is 0.564. The Morgan fingerprint density at radius 3 is 2.75 bits per heavy atom. The fraction of sp³-hybridized carbons (Fsp3) is 0.467. The maximum atomic E-state index is 12.2. The molecule has 0 radical (unpaired) electrons. The van der Waals surface area contributed by atoms with Crippen LogP contribution in [0.3, 0.4) is 0 Å². The third-order valence-electron chi connectivity index (χ3n) is 4.04. The van der Waals surface area contributed by atoms with Crippen LogP contribution in [0.1, 0.15) is 36.9 Å². The molecule has 1 aliphatic rings. The summed E-state index contributed by atoms with van der Waals surface area (Å²) in [5, 5.41) is 0.931. The summed E-state index contributed by atoms with van der Waals surface area (Å²) in [6, 6.07) is 8.08. The van der Waals surface area contributed by atoms with E-state index in [2.05, 4.69) is 15.8 Å². The minimum Gasteiger partial charge on any atom is -0.359 e. The number of nitrogens with one attached hydrogen (secondary N) is 2. The summed E-state index contributed by atoms with van der Waals surface area (Å²) in [7, 11) is -3.16. The van der Waals surface area contributed by atoms with Crippen molar-refractivity contribution >= 4 is 20.9 Å². The normalized spacial score (nSPS) is 17.1. The first-order chi connectivity index (χ1) is 9.54. The summed E-state index contributed by atoms with van der Waals surface area (Å²) >= 11 is 0. The maximum Gasteiger partial charge on any atom is 0.214 e. The number of hydrogen-bond acceptors (Lipinski definition) is 2. The molecule has 1 saturated carbocycles. The molecule has 0 unspecified atom stereocenters. The van der Waals surface area contributed by atoms with Crippen molar-refractivity contribution in [3.8, 4) is 0 Å². The van der Waals surface area contributed by atoms with Gasteiger partial charge < -0.3 is 4.98 Å². The summed E-state index contributed by atoms with van der Waals surface area (Å²) in [6.45, 7) is 2.39. The van der Waals surface area contributed by atoms with Gasteiger partial charge in [-0.25, -0.2) is 13.1 Å². The fourth-order valence-electron chi connectivity index (χ4n) is 2.94. The van der Waals surface area contributed by atoms with Crippen LogP contribution in [0, 0.1) is 6.92 Å². The average molecular weight is 292 g/mol. The second-order valence-electron chi connectivity index (χ2n) is 5.65. The standard InChI is InChI=1S/C15H20N2O2S/c1-11-8-13-9-12(6-7-15(13)17-11)10-16-20(18,19)14-4-2-3-5-14/h6-9,14,16-17H,2-5,10H2,1H3. The zero-order valence-electron chi connectivity index (χ0n) is 11.6. The van der Waals surface area contributed by atoms with Crippen LogP contribution >= 0.6 is 0 Å². The molecule has 3 rings (SSSR count). The Balaban J connectivity index is 1.73. The number of sulfonamides is 1. The Morgan fingerprint density at radius 1 is 1.25 bits per heavy atom. The highest BCUT2D eigenvalue weighted by Crippen LogP contribution is 2.24. The second kappa shape index (κ2) is 5.22. The summed E-state index contributed by atoms with van der Waals surface area (Å²) in [6.07, 6.45) is 3.65. The molecule has 20 heavy (non-hydrogen) atoms. The topological polar surface area (TPSA) is 62.0 Å². The zero-order valence-corrected chi connectivity index (χ0v) is 12.5. The molecule has 1 aromatic heterocycles. The third kappa shape index (κ3) is 2.74. The smallest absolute Gasteiger partial charge is 0.214 e. The molecule has 5 heteroatoms. The van der Waals surface area contributed by atoms with Crippen LogP contribution in [0.4, 0.5) is 0 Å². The lowest BCUT2D eigenvalue weighted by atomic mass is 10.1. The van der Waals surface area contributed by atoms with Gasteiger partial charge in [-0.3, -0.25) is 0 Å². The Bertz CT molecular complexity index is 713. The van der Waals surface area contributed by atoms with Gasteiger partial charge in [0.2, 0.25) is 10.0 Å². The number of H-pyrrole nitrogens is 1. The highest BCUT2D eigenvalue weighted by atomic mass is 32.2. The minimum atomic E-state index is -3.16. The van der Waals surface area contributed by atoms with Crippen molar-refractivity contribution < 1.29 is 8.42 Å². The Morgan fingerprint density at radius 2 is 2.00 bits per heavy atom. The van der Waals surface area contributed by atoms with Crippen LogP contribution in [-0.2, 0) is 16.6 Å². The molecule has 1 aliphatic carbocycles. The first-order valence-electron chi connectivity index (χ1n) is 7.11. The molecule has 1 fully saturated rings. The molecule has 1 aromatic carbocycles. The van der Waals surface area contributed by atoms with E-state index in [0.717, 1.165) is 47.8 Å². The van der Waals surface area contributed by atoms with E-state index < -0.39 is 10.0 Å². The van der Waals surface area contributed by atoms with Crippen molar-refractivity contribution in [2.24, 2.45) is 0 Å². The molecule has 0 saturated heterocycles. The van der Waals surface area contributed by atoms with Crippen LogP contribution < -0.4 is 4.72 Å². The predicted molar refractivity (Wildman–Crippen MR) is 81.1 cm³/mol. The van der Waals surface area contributed by atoms with Crippen LogP contribution in [0.5, 0.6) is 0 Å². The van der Waals surface area contributed by atoms with Gasteiger partial charge in [-0.2, -0.15) is 0 Å². The van der Waals surface area contributed by atoms with E-state index in [1.807, 2.05) is 25.1 Å². The molecule has 1 heterocycles. The van der Waals surface area contributed by atoms with E-state index in [9.17, 15) is 8.42 Å². The van der Waals surface area contributed by atoms with Gasteiger partial charge in [-0.1, -0.05) is 18.9 Å². The van der Waals surface area contributed by atoms with E-state index in [1.165, 1.54) is 0 Å². The monoisotopic (exact) mass is 292 g/mol. The molecule has 0 spiro atoms. The van der Waals surface area contributed by atoms with Gasteiger partial charge >= 0.3 is 0 Å². The Kier molecular flexibility index (Phi) is 3.56. The van der Waals surface area contributed by atoms with Crippen molar-refractivity contribution in [3.63, 3.8) is 0 Å². The van der Waals surface area contributed by atoms with Gasteiger partial charge in [0.25, 0.3) is 0 Å². The zero-order chi connectivity index (χ0) is 14.2. The second-order valence-corrected chi connectivity index (χ2v) is 7.69. The predicted octanol–water partition coefficient (Wildman–Crippen LogP) is 2.84. The SMILES string of the molecule is Cc1cc2cc(CNS(=O)(=O)C3CCCC3)ccc2[nH]1. The fourth-order valence-corrected chi connectivity index (χ4v) is 4.50. The van der Waals surface area contributed by atoms with Crippen LogP contribution in [0.25, 0.3) is 10.9 Å². The highest BCUT2D eigenvalue weighted by molar-refractivity contribution is 7.90. The van der Waals surface area contributed by atoms with Crippen molar-refractivity contribution in [1.82, 2.24) is 9.71 Å². The average Bonchev–Trinajstić information content (AvgIpc) is 3.04. The number of aryl methyl sites for hydroxylation is 1. The van der Waals surface area contributed by atoms with Gasteiger partial charge in [-0.15, -0.1) is 0 Å². The summed E-state index contributed by atoms with van der Waals surface area (Å²) in [5.41, 5.74) is 3.20. The number of fused-ring (bicyclic) bond motifs is 1. The summed E-state index contributed by atoms with van der Waals surface area (Å²) < 4.78 is 27.1. The van der Waals surface area contributed by atoms with Gasteiger partial charge in [0, 0.05) is 17.8 Å². The van der Waals surface area contributed by atoms with E-state index >= 15 is 0 Å². The maximum absolute atomic E-state index is 12.2. The van der Waals surface area contributed by atoms with Crippen molar-refractivity contribution in [1.29, 1.82) is 0 Å². The molecule has 108 valence electrons. The molecule has 0 aliphatic heterocycles. The molecule has 0 bridgehead atoms. The number of aromatic amines is 1. The number of benzene rings is 1. The molecule has 2 aromatic rings. The largest absolute Gasteiger partial charge is 0.359 e. The Hall–Kier alpha value is -1.33. The van der Waals surface area contributed by atoms with Crippen LogP contribution in [0.15, 0.2) is 24.3 Å². The summed E-state index contributed by atoms with van der Waals surface area (Å²) in [4.78, 5) is 3.26. The van der Waals surface area contributed by atoms with Crippen molar-refractivity contribution in [3.05, 3.63) is 35.5 Å². The Labute approximate surface area is 119 Å². The number of aromatic nitrogens is 1. The summed E-state index contributed by atoms with van der Waals surface area (Å²) in [5.74, 6) is 0. The van der Waals surface area contributed by atoms with E-state index in [0.29, 0.717) is 6.54 Å². The lowest BCUT2D eigenvalue weighted by Crippen LogP contribution is -2.32. The number of hydrogen-bond donors (Lipinski definition) is 2. The minimum absolute atomic E-state index is 0.194. The first-order valence-corrected chi connectivity index (χ1v) is 8.66. The van der Waals surface area contributed by atoms with Gasteiger partial charge in [-0.05, 0) is 48.9 Å². The van der Waals surface area contributed by atoms with E-state index in [-0.39, 0.29) is 5.25 Å². The van der Waals surface area contributed by atoms with Crippen LogP contribution in [-0.4, -0.2) is 18.7 Å². The third-order valence-corrected chi connectivity index (χ3v) is 5.93. The van der Waals surface area contributed by atoms with Crippen molar-refractivity contribution in [2.45, 2.75) is 44.4 Å². The number of rotatable bonds is 4. The van der Waals surface area contributed by atoms with Gasteiger partial charge in [0.15, 0.2) is 0 Å². The molecular weight excluding hydrogens is 272 g/mol. The molecule has 0 amide bonds. The lowest BCUT2D eigenvalue weighted by Gasteiger charge is -2.12. The molecular formula is C15H20N2O2S. The van der Waals surface area contributed by atoms with Gasteiger partial charge in [0.1, 0.15) is 0 Å². The molecule has 2 N–H and O–H groups in total.